The average molecular weight is 308 g/mol. The molecule has 3 rings (SSSR count). The molecule has 2 aliphatic carbocycles. The van der Waals surface area contributed by atoms with Gasteiger partial charge in [-0.1, -0.05) is 50.6 Å². The summed E-state index contributed by atoms with van der Waals surface area (Å²) in [6.45, 7) is 7.73. The second-order valence-electron chi connectivity index (χ2n) is 7.79. The molecule has 2 N–H and O–H groups in total. The summed E-state index contributed by atoms with van der Waals surface area (Å²) in [5.74, 6) is 0.817. The Morgan fingerprint density at radius 3 is 2.67 bits per heavy atom. The summed E-state index contributed by atoms with van der Waals surface area (Å²) in [7, 11) is 0. The highest BCUT2D eigenvalue weighted by Crippen LogP contribution is 2.62. The molecule has 21 heavy (non-hydrogen) atoms. The van der Waals surface area contributed by atoms with Crippen LogP contribution in [0.15, 0.2) is 24.3 Å². The Morgan fingerprint density at radius 2 is 2.05 bits per heavy atom. The molecule has 2 aliphatic rings. The van der Waals surface area contributed by atoms with Gasteiger partial charge in [0.25, 0.3) is 0 Å². The molecule has 0 saturated heterocycles. The average Bonchev–Trinajstić information content (AvgIpc) is 2.89. The van der Waals surface area contributed by atoms with E-state index in [1.54, 1.807) is 0 Å². The van der Waals surface area contributed by atoms with Crippen LogP contribution in [-0.2, 0) is 0 Å². The Bertz CT molecular complexity index is 525. The molecule has 0 aliphatic heterocycles. The number of fused-ring (bicyclic) bond motifs is 2. The van der Waals surface area contributed by atoms with Crippen molar-refractivity contribution in [3.63, 3.8) is 0 Å². The monoisotopic (exact) mass is 307 g/mol. The molecule has 0 heterocycles. The normalized spacial score (nSPS) is 35.1. The topological polar surface area (TPSA) is 32.3 Å². The van der Waals surface area contributed by atoms with Gasteiger partial charge in [0.05, 0.1) is 6.10 Å². The van der Waals surface area contributed by atoms with Crippen molar-refractivity contribution in [2.75, 3.05) is 6.54 Å². The van der Waals surface area contributed by atoms with Crippen LogP contribution >= 0.6 is 11.6 Å². The van der Waals surface area contributed by atoms with Gasteiger partial charge in [-0.15, -0.1) is 0 Å². The zero-order valence-electron chi connectivity index (χ0n) is 13.2. The maximum atomic E-state index is 10.4. The molecule has 1 aromatic carbocycles. The summed E-state index contributed by atoms with van der Waals surface area (Å²) in [6.07, 6.45) is 3.44. The Hall–Kier alpha value is -0.570. The third kappa shape index (κ3) is 2.52. The maximum Gasteiger partial charge on any atom is 0.0928 e. The number of aliphatic hydroxyl groups is 1. The molecule has 2 nitrogen and oxygen atoms in total. The van der Waals surface area contributed by atoms with Gasteiger partial charge in [0.1, 0.15) is 0 Å². The minimum absolute atomic E-state index is 0.313. The largest absolute Gasteiger partial charge is 0.387 e. The van der Waals surface area contributed by atoms with E-state index in [1.165, 1.54) is 19.3 Å². The fraction of sp³-hybridized carbons (Fsp3) is 0.667. The number of benzene rings is 1. The first kappa shape index (κ1) is 15.3. The molecule has 2 bridgehead atoms. The third-order valence-corrected chi connectivity index (χ3v) is 6.39. The molecule has 0 amide bonds. The molecule has 3 heteroatoms. The molecule has 0 spiro atoms. The number of hydrogen-bond acceptors (Lipinski definition) is 2. The summed E-state index contributed by atoms with van der Waals surface area (Å²) in [5, 5.41) is 14.7. The van der Waals surface area contributed by atoms with Gasteiger partial charge >= 0.3 is 0 Å². The number of hydrogen-bond donors (Lipinski definition) is 2. The zero-order chi connectivity index (χ0) is 15.3. The van der Waals surface area contributed by atoms with Crippen molar-refractivity contribution in [2.24, 2.45) is 16.7 Å². The summed E-state index contributed by atoms with van der Waals surface area (Å²) in [6, 6.07) is 8.03. The number of rotatable bonds is 4. The first-order valence-electron chi connectivity index (χ1n) is 8.00. The van der Waals surface area contributed by atoms with E-state index in [0.29, 0.717) is 28.4 Å². The highest BCUT2D eigenvalue weighted by molar-refractivity contribution is 6.31. The lowest BCUT2D eigenvalue weighted by Gasteiger charge is -2.43. The standard InChI is InChI=1S/C18H26ClNO/c1-17(2)12-8-9-18(3,10-12)16(17)20-11-15(21)13-6-4-5-7-14(13)19/h4-7,12,15-16,20-21H,8-11H2,1-3H3. The van der Waals surface area contributed by atoms with Gasteiger partial charge in [-0.2, -0.15) is 0 Å². The lowest BCUT2D eigenvalue weighted by atomic mass is 9.68. The van der Waals surface area contributed by atoms with Crippen LogP contribution in [-0.4, -0.2) is 17.7 Å². The lowest BCUT2D eigenvalue weighted by molar-refractivity contribution is 0.0880. The van der Waals surface area contributed by atoms with Crippen molar-refractivity contribution in [3.8, 4) is 0 Å². The van der Waals surface area contributed by atoms with Gasteiger partial charge in [0.2, 0.25) is 0 Å². The molecule has 4 atom stereocenters. The quantitative estimate of drug-likeness (QED) is 0.874. The van der Waals surface area contributed by atoms with E-state index in [-0.39, 0.29) is 0 Å². The predicted molar refractivity (Wildman–Crippen MR) is 87.4 cm³/mol. The molecule has 0 aromatic heterocycles. The van der Waals surface area contributed by atoms with Gasteiger partial charge < -0.3 is 10.4 Å². The second kappa shape index (κ2) is 5.26. The number of aliphatic hydroxyl groups excluding tert-OH is 1. The Kier molecular flexibility index (Phi) is 3.84. The van der Waals surface area contributed by atoms with E-state index >= 15 is 0 Å². The summed E-state index contributed by atoms with van der Waals surface area (Å²) in [5.41, 5.74) is 1.51. The number of nitrogens with one attached hydrogen (secondary N) is 1. The zero-order valence-corrected chi connectivity index (χ0v) is 14.0. The van der Waals surface area contributed by atoms with Crippen LogP contribution in [0.2, 0.25) is 5.02 Å². The molecule has 4 unspecified atom stereocenters. The van der Waals surface area contributed by atoms with E-state index < -0.39 is 6.10 Å². The van der Waals surface area contributed by atoms with Gasteiger partial charge in [-0.25, -0.2) is 0 Å². The number of halogens is 1. The van der Waals surface area contributed by atoms with Crippen molar-refractivity contribution in [2.45, 2.75) is 52.2 Å². The van der Waals surface area contributed by atoms with Crippen LogP contribution in [0.1, 0.15) is 51.7 Å². The molecule has 0 radical (unpaired) electrons. The summed E-state index contributed by atoms with van der Waals surface area (Å²) < 4.78 is 0. The SMILES string of the molecule is CC12CCC(C1)C(C)(C)C2NCC(O)c1ccccc1Cl. The minimum Gasteiger partial charge on any atom is -0.387 e. The van der Waals surface area contributed by atoms with Crippen LogP contribution in [0.5, 0.6) is 0 Å². The first-order chi connectivity index (χ1) is 9.84. The van der Waals surface area contributed by atoms with Crippen molar-refractivity contribution < 1.29 is 5.11 Å². The minimum atomic E-state index is -0.544. The fourth-order valence-corrected chi connectivity index (χ4v) is 5.16. The Labute approximate surface area is 132 Å². The van der Waals surface area contributed by atoms with E-state index in [1.807, 2.05) is 24.3 Å². The van der Waals surface area contributed by atoms with E-state index in [4.69, 9.17) is 11.6 Å². The highest BCUT2D eigenvalue weighted by atomic mass is 35.5. The highest BCUT2D eigenvalue weighted by Gasteiger charge is 2.58. The fourth-order valence-electron chi connectivity index (χ4n) is 4.90. The smallest absolute Gasteiger partial charge is 0.0928 e. The van der Waals surface area contributed by atoms with Crippen LogP contribution in [0.4, 0.5) is 0 Å². The van der Waals surface area contributed by atoms with Gasteiger partial charge in [0, 0.05) is 23.2 Å². The first-order valence-corrected chi connectivity index (χ1v) is 8.38. The van der Waals surface area contributed by atoms with Crippen LogP contribution in [0.25, 0.3) is 0 Å². The van der Waals surface area contributed by atoms with E-state index in [9.17, 15) is 5.11 Å². The second-order valence-corrected chi connectivity index (χ2v) is 8.20. The summed E-state index contributed by atoms with van der Waals surface area (Å²) in [4.78, 5) is 0. The predicted octanol–water partition coefficient (Wildman–Crippen LogP) is 4.18. The molecule has 116 valence electrons. The molecular weight excluding hydrogens is 282 g/mol. The van der Waals surface area contributed by atoms with Gasteiger partial charge in [-0.05, 0) is 42.1 Å². The third-order valence-electron chi connectivity index (χ3n) is 6.05. The maximum absolute atomic E-state index is 10.4. The van der Waals surface area contributed by atoms with E-state index in [2.05, 4.69) is 26.1 Å². The van der Waals surface area contributed by atoms with Gasteiger partial charge in [-0.3, -0.25) is 0 Å². The van der Waals surface area contributed by atoms with Crippen LogP contribution in [0, 0.1) is 16.7 Å². The molecule has 2 saturated carbocycles. The van der Waals surface area contributed by atoms with Gasteiger partial charge in [0.15, 0.2) is 0 Å². The van der Waals surface area contributed by atoms with E-state index in [0.717, 1.165) is 11.5 Å². The summed E-state index contributed by atoms with van der Waals surface area (Å²) >= 11 is 6.17. The lowest BCUT2D eigenvalue weighted by Crippen LogP contribution is -2.51. The van der Waals surface area contributed by atoms with Crippen molar-refractivity contribution in [1.82, 2.24) is 5.32 Å². The molecule has 2 fully saturated rings. The Balaban J connectivity index is 1.69. The van der Waals surface area contributed by atoms with Crippen molar-refractivity contribution in [1.29, 1.82) is 0 Å². The van der Waals surface area contributed by atoms with Crippen molar-refractivity contribution in [3.05, 3.63) is 34.9 Å². The molecular formula is C18H26ClNO. The Morgan fingerprint density at radius 1 is 1.33 bits per heavy atom. The molecule has 1 aromatic rings. The van der Waals surface area contributed by atoms with Crippen LogP contribution in [0.3, 0.4) is 0 Å². The van der Waals surface area contributed by atoms with Crippen molar-refractivity contribution >= 4 is 11.6 Å². The van der Waals surface area contributed by atoms with Crippen LogP contribution < -0.4 is 5.32 Å².